The molecule has 1 atom stereocenters. The van der Waals surface area contributed by atoms with Crippen molar-refractivity contribution in [2.75, 3.05) is 18.0 Å². The fourth-order valence-corrected chi connectivity index (χ4v) is 6.26. The van der Waals surface area contributed by atoms with E-state index in [0.717, 1.165) is 40.3 Å². The van der Waals surface area contributed by atoms with E-state index in [1.165, 1.54) is 9.70 Å². The highest BCUT2D eigenvalue weighted by Crippen LogP contribution is 2.40. The van der Waals surface area contributed by atoms with Crippen LogP contribution in [0.5, 0.6) is 0 Å². The molecule has 4 aromatic rings. The van der Waals surface area contributed by atoms with E-state index < -0.39 is 0 Å². The van der Waals surface area contributed by atoms with E-state index in [9.17, 15) is 4.39 Å². The largest absolute Gasteiger partial charge is 0.362 e. The van der Waals surface area contributed by atoms with Crippen LogP contribution in [0.1, 0.15) is 27.2 Å². The normalized spacial score (nSPS) is 17.8. The van der Waals surface area contributed by atoms with Gasteiger partial charge < -0.3 is 10.2 Å². The van der Waals surface area contributed by atoms with Crippen molar-refractivity contribution in [2.24, 2.45) is 7.05 Å². The van der Waals surface area contributed by atoms with Crippen LogP contribution in [0, 0.1) is 5.82 Å². The number of nitrogens with one attached hydrogen (secondary N) is 1. The number of aryl methyl sites for hydroxylation is 1. The molecule has 0 radical (unpaired) electrons. The molecule has 0 spiro atoms. The first-order chi connectivity index (χ1) is 13.7. The minimum Gasteiger partial charge on any atom is -0.362 e. The molecular formula is C21H24FN5S2. The maximum atomic E-state index is 14.4. The maximum Gasteiger partial charge on any atom is 0.152 e. The molecule has 1 saturated heterocycles. The number of rotatable bonds is 3. The first kappa shape index (κ1) is 19.0. The number of halogens is 1. The van der Waals surface area contributed by atoms with E-state index in [-0.39, 0.29) is 11.4 Å². The summed E-state index contributed by atoms with van der Waals surface area (Å²) in [7, 11) is 1.81. The van der Waals surface area contributed by atoms with Gasteiger partial charge in [0.15, 0.2) is 5.82 Å². The fourth-order valence-electron chi connectivity index (χ4n) is 4.03. The van der Waals surface area contributed by atoms with Crippen molar-refractivity contribution in [1.29, 1.82) is 0 Å². The lowest BCUT2D eigenvalue weighted by Crippen LogP contribution is -2.44. The summed E-state index contributed by atoms with van der Waals surface area (Å²) in [6.07, 6.45) is 3.00. The van der Waals surface area contributed by atoms with Crippen LogP contribution < -0.4 is 10.2 Å². The standard InChI is InChI=1S/C21H24FN5S2/c1-21(2,3)24-14-5-6-27(11-14)17-9-16-20(29-17)23-19(28-16)12-7-13-10-26(4)25-18(13)15(22)8-12/h7-10,14,24H,5-6,11H2,1-4H3. The van der Waals surface area contributed by atoms with Crippen LogP contribution in [0.15, 0.2) is 24.4 Å². The third kappa shape index (κ3) is 3.65. The van der Waals surface area contributed by atoms with E-state index in [2.05, 4.69) is 42.2 Å². The average Bonchev–Trinajstić information content (AvgIpc) is 3.34. The van der Waals surface area contributed by atoms with Gasteiger partial charge in [0.25, 0.3) is 0 Å². The molecule has 5 rings (SSSR count). The number of aromatic nitrogens is 3. The van der Waals surface area contributed by atoms with E-state index in [1.807, 2.05) is 12.3 Å². The monoisotopic (exact) mass is 429 g/mol. The first-order valence-corrected chi connectivity index (χ1v) is 11.4. The van der Waals surface area contributed by atoms with E-state index in [1.54, 1.807) is 40.5 Å². The second kappa shape index (κ2) is 6.75. The Morgan fingerprint density at radius 3 is 2.79 bits per heavy atom. The SMILES string of the molecule is Cn1cc2cc(-c3nc4sc(N5CCC(NC(C)(C)C)C5)cc4s3)cc(F)c2n1. The van der Waals surface area contributed by atoms with Crippen molar-refractivity contribution in [3.8, 4) is 10.6 Å². The van der Waals surface area contributed by atoms with Crippen molar-refractivity contribution in [1.82, 2.24) is 20.1 Å². The third-order valence-electron chi connectivity index (χ3n) is 5.14. The van der Waals surface area contributed by atoms with E-state index in [4.69, 9.17) is 4.98 Å². The maximum absolute atomic E-state index is 14.4. The molecule has 0 amide bonds. The zero-order chi connectivity index (χ0) is 20.3. The lowest BCUT2D eigenvalue weighted by atomic mass is 10.1. The number of nitrogens with zero attached hydrogens (tertiary/aromatic N) is 4. The van der Waals surface area contributed by atoms with Crippen LogP contribution in [-0.2, 0) is 7.05 Å². The van der Waals surface area contributed by atoms with Gasteiger partial charge in [-0.2, -0.15) is 5.10 Å². The summed E-state index contributed by atoms with van der Waals surface area (Å²) in [4.78, 5) is 8.28. The molecule has 0 saturated carbocycles. The molecule has 152 valence electrons. The number of thiophene rings is 1. The highest BCUT2D eigenvalue weighted by molar-refractivity contribution is 7.30. The Morgan fingerprint density at radius 2 is 2.03 bits per heavy atom. The van der Waals surface area contributed by atoms with Gasteiger partial charge in [0, 0.05) is 48.9 Å². The minimum absolute atomic E-state index is 0.136. The lowest BCUT2D eigenvalue weighted by molar-refractivity contribution is 0.373. The zero-order valence-electron chi connectivity index (χ0n) is 17.0. The van der Waals surface area contributed by atoms with Crippen LogP contribution in [0.2, 0.25) is 0 Å². The molecule has 1 aliphatic rings. The van der Waals surface area contributed by atoms with Crippen molar-refractivity contribution >= 4 is 48.1 Å². The lowest BCUT2D eigenvalue weighted by Gasteiger charge is -2.26. The van der Waals surface area contributed by atoms with Gasteiger partial charge in [0.1, 0.15) is 15.4 Å². The van der Waals surface area contributed by atoms with Gasteiger partial charge in [-0.25, -0.2) is 9.37 Å². The topological polar surface area (TPSA) is 46.0 Å². The van der Waals surface area contributed by atoms with Crippen LogP contribution in [0.25, 0.3) is 31.0 Å². The molecule has 1 fully saturated rings. The summed E-state index contributed by atoms with van der Waals surface area (Å²) in [5, 5.41) is 10.8. The van der Waals surface area contributed by atoms with E-state index in [0.29, 0.717) is 11.6 Å². The van der Waals surface area contributed by atoms with Crippen molar-refractivity contribution < 1.29 is 4.39 Å². The number of anilines is 1. The average molecular weight is 430 g/mol. The number of benzene rings is 1. The third-order valence-corrected chi connectivity index (χ3v) is 7.41. The Kier molecular flexibility index (Phi) is 4.42. The Balaban J connectivity index is 1.40. The minimum atomic E-state index is -0.299. The van der Waals surface area contributed by atoms with Gasteiger partial charge in [-0.05, 0) is 45.4 Å². The molecule has 1 N–H and O–H groups in total. The van der Waals surface area contributed by atoms with Gasteiger partial charge in [-0.1, -0.05) is 11.3 Å². The summed E-state index contributed by atoms with van der Waals surface area (Å²) in [5.41, 5.74) is 1.36. The van der Waals surface area contributed by atoms with Crippen LogP contribution in [0.3, 0.4) is 0 Å². The quantitative estimate of drug-likeness (QED) is 0.497. The summed E-state index contributed by atoms with van der Waals surface area (Å²) < 4.78 is 17.2. The molecule has 1 unspecified atom stereocenters. The summed E-state index contributed by atoms with van der Waals surface area (Å²) in [6, 6.07) is 6.27. The molecule has 1 aromatic carbocycles. The number of hydrogen-bond acceptors (Lipinski definition) is 6. The number of fused-ring (bicyclic) bond motifs is 2. The Hall–Kier alpha value is -2.03. The van der Waals surface area contributed by atoms with Gasteiger partial charge in [-0.3, -0.25) is 4.68 Å². The zero-order valence-corrected chi connectivity index (χ0v) is 18.6. The van der Waals surface area contributed by atoms with Crippen LogP contribution >= 0.6 is 22.7 Å². The Labute approximate surface area is 177 Å². The van der Waals surface area contributed by atoms with Crippen molar-refractivity contribution in [3.63, 3.8) is 0 Å². The first-order valence-electron chi connectivity index (χ1n) is 9.81. The van der Waals surface area contributed by atoms with Crippen LogP contribution in [-0.4, -0.2) is 39.4 Å². The second-order valence-electron chi connectivity index (χ2n) is 8.80. The molecule has 8 heteroatoms. The predicted molar refractivity (Wildman–Crippen MR) is 121 cm³/mol. The van der Waals surface area contributed by atoms with Crippen molar-refractivity contribution in [2.45, 2.75) is 38.8 Å². The molecule has 3 aromatic heterocycles. The Bertz CT molecular complexity index is 1170. The Morgan fingerprint density at radius 1 is 1.21 bits per heavy atom. The smallest absolute Gasteiger partial charge is 0.152 e. The van der Waals surface area contributed by atoms with E-state index >= 15 is 0 Å². The fraction of sp³-hybridized carbons (Fsp3) is 0.429. The highest BCUT2D eigenvalue weighted by Gasteiger charge is 2.27. The summed E-state index contributed by atoms with van der Waals surface area (Å²) in [6.45, 7) is 8.74. The second-order valence-corrected chi connectivity index (χ2v) is 10.8. The summed E-state index contributed by atoms with van der Waals surface area (Å²) >= 11 is 3.36. The summed E-state index contributed by atoms with van der Waals surface area (Å²) in [5.74, 6) is -0.299. The predicted octanol–water partition coefficient (Wildman–Crippen LogP) is 5.02. The molecule has 29 heavy (non-hydrogen) atoms. The van der Waals surface area contributed by atoms with Gasteiger partial charge in [0.05, 0.1) is 9.70 Å². The highest BCUT2D eigenvalue weighted by atomic mass is 32.1. The van der Waals surface area contributed by atoms with Crippen molar-refractivity contribution in [3.05, 3.63) is 30.2 Å². The molecular weight excluding hydrogens is 405 g/mol. The van der Waals surface area contributed by atoms with Crippen LogP contribution in [0.4, 0.5) is 9.39 Å². The molecule has 5 nitrogen and oxygen atoms in total. The molecule has 0 aliphatic carbocycles. The molecule has 4 heterocycles. The number of hydrogen-bond donors (Lipinski definition) is 1. The molecule has 0 bridgehead atoms. The van der Waals surface area contributed by atoms with Gasteiger partial charge >= 0.3 is 0 Å². The number of thiazole rings is 1. The van der Waals surface area contributed by atoms with Gasteiger partial charge in [-0.15, -0.1) is 11.3 Å². The van der Waals surface area contributed by atoms with Gasteiger partial charge in [0.2, 0.25) is 0 Å². The molecule has 1 aliphatic heterocycles.